The van der Waals surface area contributed by atoms with Gasteiger partial charge in [-0.1, -0.05) is 29.8 Å². The molecule has 3 rings (SSSR count). The molecular formula is C20H22F3NO. The Balaban J connectivity index is 1.76. The van der Waals surface area contributed by atoms with Crippen molar-refractivity contribution in [2.24, 2.45) is 0 Å². The van der Waals surface area contributed by atoms with Crippen molar-refractivity contribution in [2.75, 3.05) is 25.1 Å². The molecule has 1 aliphatic rings. The van der Waals surface area contributed by atoms with E-state index >= 15 is 0 Å². The van der Waals surface area contributed by atoms with Crippen LogP contribution in [-0.4, -0.2) is 20.2 Å². The molecule has 2 aromatic rings. The number of rotatable bonds is 4. The van der Waals surface area contributed by atoms with Crippen molar-refractivity contribution in [3.05, 3.63) is 64.7 Å². The van der Waals surface area contributed by atoms with Crippen LogP contribution in [0.25, 0.3) is 0 Å². The third-order valence-electron chi connectivity index (χ3n) is 4.77. The van der Waals surface area contributed by atoms with E-state index in [4.69, 9.17) is 4.74 Å². The Bertz CT molecular complexity index is 725. The summed E-state index contributed by atoms with van der Waals surface area (Å²) in [5.41, 5.74) is 3.87. The number of nitrogens with zero attached hydrogens (tertiary/aromatic N) is 1. The largest absolute Gasteiger partial charge is 0.416 e. The van der Waals surface area contributed by atoms with Crippen molar-refractivity contribution in [2.45, 2.75) is 32.0 Å². The van der Waals surface area contributed by atoms with Gasteiger partial charge >= 0.3 is 6.18 Å². The molecule has 0 spiro atoms. The average molecular weight is 349 g/mol. The minimum atomic E-state index is -4.28. The fraction of sp³-hybridized carbons (Fsp3) is 0.400. The number of methoxy groups -OCH3 is 1. The molecule has 0 saturated carbocycles. The molecule has 0 aromatic heterocycles. The summed E-state index contributed by atoms with van der Waals surface area (Å²) in [6, 6.07) is 11.9. The maximum atomic E-state index is 12.7. The molecule has 1 fully saturated rings. The van der Waals surface area contributed by atoms with Crippen LogP contribution in [0.1, 0.15) is 34.6 Å². The number of halogens is 3. The van der Waals surface area contributed by atoms with E-state index in [1.165, 1.54) is 17.7 Å². The summed E-state index contributed by atoms with van der Waals surface area (Å²) in [5.74, 6) is 0.249. The molecule has 1 heterocycles. The van der Waals surface area contributed by atoms with Gasteiger partial charge in [-0.2, -0.15) is 13.2 Å². The van der Waals surface area contributed by atoms with Gasteiger partial charge in [-0.05, 0) is 37.1 Å². The Labute approximate surface area is 146 Å². The first kappa shape index (κ1) is 17.8. The maximum Gasteiger partial charge on any atom is 0.416 e. The third-order valence-corrected chi connectivity index (χ3v) is 4.77. The van der Waals surface area contributed by atoms with E-state index in [9.17, 15) is 13.2 Å². The first-order valence-corrected chi connectivity index (χ1v) is 8.39. The zero-order valence-corrected chi connectivity index (χ0v) is 14.4. The van der Waals surface area contributed by atoms with Crippen molar-refractivity contribution in [3.63, 3.8) is 0 Å². The van der Waals surface area contributed by atoms with Gasteiger partial charge < -0.3 is 9.64 Å². The van der Waals surface area contributed by atoms with Crippen LogP contribution >= 0.6 is 0 Å². The van der Waals surface area contributed by atoms with E-state index in [2.05, 4.69) is 30.0 Å². The number of alkyl halides is 3. The number of benzene rings is 2. The van der Waals surface area contributed by atoms with E-state index in [1.807, 2.05) is 0 Å². The van der Waals surface area contributed by atoms with Gasteiger partial charge in [0.2, 0.25) is 0 Å². The second-order valence-corrected chi connectivity index (χ2v) is 6.62. The van der Waals surface area contributed by atoms with E-state index in [0.29, 0.717) is 6.61 Å². The Morgan fingerprint density at radius 3 is 2.48 bits per heavy atom. The first-order valence-electron chi connectivity index (χ1n) is 8.39. The second kappa shape index (κ2) is 7.08. The quantitative estimate of drug-likeness (QED) is 0.756. The van der Waals surface area contributed by atoms with Crippen LogP contribution in [-0.2, 0) is 17.5 Å². The normalized spacial score (nSPS) is 18.0. The van der Waals surface area contributed by atoms with E-state index in [0.717, 1.165) is 36.3 Å². The lowest BCUT2D eigenvalue weighted by Crippen LogP contribution is -2.21. The second-order valence-electron chi connectivity index (χ2n) is 6.62. The van der Waals surface area contributed by atoms with E-state index in [1.54, 1.807) is 19.2 Å². The number of hydrogen-bond donors (Lipinski definition) is 0. The smallest absolute Gasteiger partial charge is 0.380 e. The van der Waals surface area contributed by atoms with Crippen molar-refractivity contribution in [1.82, 2.24) is 0 Å². The first-order chi connectivity index (χ1) is 11.9. The third kappa shape index (κ3) is 3.98. The average Bonchev–Trinajstić information content (AvgIpc) is 3.04. The fourth-order valence-electron chi connectivity index (χ4n) is 3.49. The highest BCUT2D eigenvalue weighted by Crippen LogP contribution is 2.35. The monoisotopic (exact) mass is 349 g/mol. The molecule has 134 valence electrons. The van der Waals surface area contributed by atoms with Crippen LogP contribution in [0.15, 0.2) is 42.5 Å². The predicted octanol–water partition coefficient (Wildman–Crippen LogP) is 5.15. The minimum absolute atomic E-state index is 0.249. The standard InChI is InChI=1S/C20H22F3NO/c1-14-3-8-19(17(11-14)13-25-2)24-10-9-16(12-24)15-4-6-18(7-5-15)20(21,22)23/h3-8,11,16H,9-10,12-13H2,1-2H3. The molecule has 0 radical (unpaired) electrons. The van der Waals surface area contributed by atoms with Crippen molar-refractivity contribution in [3.8, 4) is 0 Å². The number of ether oxygens (including phenoxy) is 1. The van der Waals surface area contributed by atoms with Crippen molar-refractivity contribution < 1.29 is 17.9 Å². The van der Waals surface area contributed by atoms with Gasteiger partial charge in [-0.3, -0.25) is 0 Å². The summed E-state index contributed by atoms with van der Waals surface area (Å²) in [7, 11) is 1.68. The minimum Gasteiger partial charge on any atom is -0.380 e. The molecule has 2 nitrogen and oxygen atoms in total. The molecule has 2 aromatic carbocycles. The van der Waals surface area contributed by atoms with Crippen LogP contribution in [0.3, 0.4) is 0 Å². The van der Waals surface area contributed by atoms with Crippen molar-refractivity contribution >= 4 is 5.69 Å². The van der Waals surface area contributed by atoms with E-state index < -0.39 is 11.7 Å². The molecule has 25 heavy (non-hydrogen) atoms. The van der Waals surface area contributed by atoms with Crippen LogP contribution in [0.5, 0.6) is 0 Å². The fourth-order valence-corrected chi connectivity index (χ4v) is 3.49. The van der Waals surface area contributed by atoms with Gasteiger partial charge in [0.1, 0.15) is 0 Å². The summed E-state index contributed by atoms with van der Waals surface area (Å²) in [5, 5.41) is 0. The van der Waals surface area contributed by atoms with Crippen LogP contribution < -0.4 is 4.90 Å². The highest BCUT2D eigenvalue weighted by molar-refractivity contribution is 5.56. The van der Waals surface area contributed by atoms with Gasteiger partial charge in [0, 0.05) is 37.4 Å². The molecule has 0 N–H and O–H groups in total. The Hall–Kier alpha value is -2.01. The Morgan fingerprint density at radius 1 is 1.12 bits per heavy atom. The van der Waals surface area contributed by atoms with Gasteiger partial charge in [0.15, 0.2) is 0 Å². The maximum absolute atomic E-state index is 12.7. The van der Waals surface area contributed by atoms with Gasteiger partial charge in [0.25, 0.3) is 0 Å². The predicted molar refractivity (Wildman–Crippen MR) is 92.9 cm³/mol. The topological polar surface area (TPSA) is 12.5 Å². The molecule has 0 bridgehead atoms. The lowest BCUT2D eigenvalue weighted by atomic mass is 9.97. The summed E-state index contributed by atoms with van der Waals surface area (Å²) in [6.07, 6.45) is -3.34. The lowest BCUT2D eigenvalue weighted by Gasteiger charge is -2.22. The number of aryl methyl sites for hydroxylation is 1. The van der Waals surface area contributed by atoms with Crippen LogP contribution in [0.2, 0.25) is 0 Å². The molecule has 1 atom stereocenters. The van der Waals surface area contributed by atoms with E-state index in [-0.39, 0.29) is 5.92 Å². The molecule has 1 unspecified atom stereocenters. The molecule has 0 aliphatic carbocycles. The summed E-state index contributed by atoms with van der Waals surface area (Å²) >= 11 is 0. The molecule has 5 heteroatoms. The van der Waals surface area contributed by atoms with Crippen LogP contribution in [0, 0.1) is 6.92 Å². The van der Waals surface area contributed by atoms with Gasteiger partial charge in [-0.15, -0.1) is 0 Å². The van der Waals surface area contributed by atoms with Crippen molar-refractivity contribution in [1.29, 1.82) is 0 Å². The molecule has 0 amide bonds. The number of anilines is 1. The Kier molecular flexibility index (Phi) is 5.04. The molecule has 1 saturated heterocycles. The zero-order valence-electron chi connectivity index (χ0n) is 14.4. The molecular weight excluding hydrogens is 327 g/mol. The van der Waals surface area contributed by atoms with Crippen LogP contribution in [0.4, 0.5) is 18.9 Å². The highest BCUT2D eigenvalue weighted by atomic mass is 19.4. The Morgan fingerprint density at radius 2 is 1.84 bits per heavy atom. The van der Waals surface area contributed by atoms with Gasteiger partial charge in [-0.25, -0.2) is 0 Å². The summed E-state index contributed by atoms with van der Waals surface area (Å²) in [6.45, 7) is 4.31. The van der Waals surface area contributed by atoms with Gasteiger partial charge in [0.05, 0.1) is 12.2 Å². The number of hydrogen-bond acceptors (Lipinski definition) is 2. The molecule has 1 aliphatic heterocycles. The summed E-state index contributed by atoms with van der Waals surface area (Å²) in [4.78, 5) is 2.30. The highest BCUT2D eigenvalue weighted by Gasteiger charge is 2.31. The zero-order chi connectivity index (χ0) is 18.0. The SMILES string of the molecule is COCc1cc(C)ccc1N1CCC(c2ccc(C(F)(F)F)cc2)C1. The summed E-state index contributed by atoms with van der Waals surface area (Å²) < 4.78 is 43.4. The lowest BCUT2D eigenvalue weighted by molar-refractivity contribution is -0.137.